The highest BCUT2D eigenvalue weighted by Crippen LogP contribution is 2.34. The molecule has 1 aliphatic rings. The van der Waals surface area contributed by atoms with E-state index in [0.29, 0.717) is 5.56 Å². The van der Waals surface area contributed by atoms with Crippen LogP contribution in [-0.2, 0) is 13.5 Å². The van der Waals surface area contributed by atoms with E-state index in [1.54, 1.807) is 10.9 Å². The Morgan fingerprint density at radius 1 is 1.29 bits per heavy atom. The van der Waals surface area contributed by atoms with E-state index in [1.165, 1.54) is 0 Å². The van der Waals surface area contributed by atoms with Gasteiger partial charge in [0.05, 0.1) is 6.20 Å². The van der Waals surface area contributed by atoms with Crippen LogP contribution in [0.3, 0.4) is 0 Å². The Hall–Kier alpha value is -1.84. The Balaban J connectivity index is 2.14. The molecule has 0 saturated heterocycles. The third-order valence-corrected chi connectivity index (χ3v) is 3.34. The van der Waals surface area contributed by atoms with E-state index < -0.39 is 0 Å². The minimum Gasteiger partial charge on any atom is -0.374 e. The molecular weight excluding hydrogens is 217 g/mol. The largest absolute Gasteiger partial charge is 0.374 e. The SMILES string of the molecule is CN1CCc2c1ccc(-c1cnn(C)c1)c2F. The summed E-state index contributed by atoms with van der Waals surface area (Å²) in [5.41, 5.74) is 3.32. The van der Waals surface area contributed by atoms with Gasteiger partial charge in [0.2, 0.25) is 0 Å². The van der Waals surface area contributed by atoms with E-state index in [-0.39, 0.29) is 5.82 Å². The van der Waals surface area contributed by atoms with Crippen LogP contribution in [0.15, 0.2) is 24.5 Å². The molecule has 17 heavy (non-hydrogen) atoms. The molecule has 0 aliphatic carbocycles. The molecule has 1 aromatic carbocycles. The molecule has 1 aliphatic heterocycles. The first-order valence-electron chi connectivity index (χ1n) is 5.68. The standard InChI is InChI=1S/C13H14FN3/c1-16-6-5-11-12(16)4-3-10(13(11)14)9-7-15-17(2)8-9/h3-4,7-8H,5-6H2,1-2H3. The minimum atomic E-state index is -0.0974. The van der Waals surface area contributed by atoms with Crippen LogP contribution in [0.5, 0.6) is 0 Å². The normalized spacial score (nSPS) is 14.2. The van der Waals surface area contributed by atoms with Crippen molar-refractivity contribution in [2.24, 2.45) is 7.05 Å². The summed E-state index contributed by atoms with van der Waals surface area (Å²) in [6, 6.07) is 3.83. The fourth-order valence-electron chi connectivity index (χ4n) is 2.39. The first-order valence-corrected chi connectivity index (χ1v) is 5.68. The van der Waals surface area contributed by atoms with E-state index in [2.05, 4.69) is 10.00 Å². The maximum absolute atomic E-state index is 14.4. The highest BCUT2D eigenvalue weighted by Gasteiger charge is 2.22. The number of rotatable bonds is 1. The predicted octanol–water partition coefficient (Wildman–Crippen LogP) is 2.22. The summed E-state index contributed by atoms with van der Waals surface area (Å²) in [5.74, 6) is -0.0974. The smallest absolute Gasteiger partial charge is 0.136 e. The van der Waals surface area contributed by atoms with Gasteiger partial charge in [-0.15, -0.1) is 0 Å². The molecule has 88 valence electrons. The van der Waals surface area contributed by atoms with E-state index in [1.807, 2.05) is 32.4 Å². The van der Waals surface area contributed by atoms with E-state index in [4.69, 9.17) is 0 Å². The van der Waals surface area contributed by atoms with Gasteiger partial charge in [-0.05, 0) is 18.6 Å². The second kappa shape index (κ2) is 3.58. The van der Waals surface area contributed by atoms with Gasteiger partial charge in [0.1, 0.15) is 5.82 Å². The lowest BCUT2D eigenvalue weighted by molar-refractivity contribution is 0.619. The predicted molar refractivity (Wildman–Crippen MR) is 65.6 cm³/mol. The number of fused-ring (bicyclic) bond motifs is 1. The van der Waals surface area contributed by atoms with E-state index >= 15 is 0 Å². The fraction of sp³-hybridized carbons (Fsp3) is 0.308. The first-order chi connectivity index (χ1) is 8.16. The Morgan fingerprint density at radius 3 is 2.82 bits per heavy atom. The van der Waals surface area contributed by atoms with Crippen LogP contribution >= 0.6 is 0 Å². The van der Waals surface area contributed by atoms with Crippen LogP contribution in [0, 0.1) is 5.82 Å². The van der Waals surface area contributed by atoms with Crippen molar-refractivity contribution in [1.29, 1.82) is 0 Å². The number of nitrogens with zero attached hydrogens (tertiary/aromatic N) is 3. The summed E-state index contributed by atoms with van der Waals surface area (Å²) in [5, 5.41) is 4.08. The number of halogens is 1. The molecular formula is C13H14FN3. The molecule has 0 saturated carbocycles. The summed E-state index contributed by atoms with van der Waals surface area (Å²) in [4.78, 5) is 2.09. The number of hydrogen-bond acceptors (Lipinski definition) is 2. The number of anilines is 1. The summed E-state index contributed by atoms with van der Waals surface area (Å²) in [6.07, 6.45) is 4.32. The van der Waals surface area contributed by atoms with Crippen molar-refractivity contribution in [3.8, 4) is 11.1 Å². The number of aromatic nitrogens is 2. The molecule has 0 bridgehead atoms. The van der Waals surface area contributed by atoms with Gasteiger partial charge in [-0.1, -0.05) is 0 Å². The Bertz CT molecular complexity index is 574. The van der Waals surface area contributed by atoms with Gasteiger partial charge in [0.15, 0.2) is 0 Å². The fourth-order valence-corrected chi connectivity index (χ4v) is 2.39. The average molecular weight is 231 g/mol. The van der Waals surface area contributed by atoms with Crippen molar-refractivity contribution in [2.45, 2.75) is 6.42 Å². The molecule has 0 spiro atoms. The van der Waals surface area contributed by atoms with E-state index in [0.717, 1.165) is 29.8 Å². The number of aryl methyl sites for hydroxylation is 1. The first kappa shape index (κ1) is 10.3. The zero-order valence-electron chi connectivity index (χ0n) is 9.94. The van der Waals surface area contributed by atoms with Gasteiger partial charge < -0.3 is 4.90 Å². The molecule has 4 heteroatoms. The van der Waals surface area contributed by atoms with Crippen LogP contribution < -0.4 is 4.90 Å². The highest BCUT2D eigenvalue weighted by atomic mass is 19.1. The number of likely N-dealkylation sites (N-methyl/N-ethyl adjacent to an activating group) is 1. The van der Waals surface area contributed by atoms with Gasteiger partial charge in [0.25, 0.3) is 0 Å². The van der Waals surface area contributed by atoms with Crippen LogP contribution in [-0.4, -0.2) is 23.4 Å². The van der Waals surface area contributed by atoms with Crippen molar-refractivity contribution in [3.05, 3.63) is 35.9 Å². The summed E-state index contributed by atoms with van der Waals surface area (Å²) < 4.78 is 16.1. The maximum atomic E-state index is 14.4. The number of benzene rings is 1. The van der Waals surface area contributed by atoms with Crippen LogP contribution in [0.25, 0.3) is 11.1 Å². The zero-order chi connectivity index (χ0) is 12.0. The zero-order valence-corrected chi connectivity index (χ0v) is 9.94. The second-order valence-corrected chi connectivity index (χ2v) is 4.50. The van der Waals surface area contributed by atoms with Crippen molar-refractivity contribution in [3.63, 3.8) is 0 Å². The lowest BCUT2D eigenvalue weighted by Crippen LogP contribution is -2.12. The molecule has 2 aromatic rings. The Kier molecular flexibility index (Phi) is 2.18. The lowest BCUT2D eigenvalue weighted by atomic mass is 10.0. The van der Waals surface area contributed by atoms with Crippen molar-refractivity contribution >= 4 is 5.69 Å². The van der Waals surface area contributed by atoms with Gasteiger partial charge in [-0.3, -0.25) is 4.68 Å². The molecule has 3 rings (SSSR count). The Labute approximate surface area is 99.5 Å². The monoisotopic (exact) mass is 231 g/mol. The third-order valence-electron chi connectivity index (χ3n) is 3.34. The molecule has 0 amide bonds. The average Bonchev–Trinajstić information content (AvgIpc) is 2.87. The van der Waals surface area contributed by atoms with Gasteiger partial charge in [0, 0.05) is 49.2 Å². The molecule has 2 heterocycles. The maximum Gasteiger partial charge on any atom is 0.136 e. The van der Waals surface area contributed by atoms with Crippen molar-refractivity contribution in [2.75, 3.05) is 18.5 Å². The van der Waals surface area contributed by atoms with Crippen LogP contribution in [0.4, 0.5) is 10.1 Å². The number of hydrogen-bond donors (Lipinski definition) is 0. The molecule has 0 atom stereocenters. The topological polar surface area (TPSA) is 21.1 Å². The summed E-state index contributed by atoms with van der Waals surface area (Å²) >= 11 is 0. The summed E-state index contributed by atoms with van der Waals surface area (Å²) in [7, 11) is 3.83. The van der Waals surface area contributed by atoms with E-state index in [9.17, 15) is 4.39 Å². The molecule has 3 nitrogen and oxygen atoms in total. The third kappa shape index (κ3) is 1.52. The van der Waals surface area contributed by atoms with Gasteiger partial charge in [-0.25, -0.2) is 4.39 Å². The Morgan fingerprint density at radius 2 is 2.12 bits per heavy atom. The lowest BCUT2D eigenvalue weighted by Gasteiger charge is -2.12. The van der Waals surface area contributed by atoms with Crippen molar-refractivity contribution in [1.82, 2.24) is 9.78 Å². The van der Waals surface area contributed by atoms with Crippen molar-refractivity contribution < 1.29 is 4.39 Å². The minimum absolute atomic E-state index is 0.0974. The molecule has 0 radical (unpaired) electrons. The highest BCUT2D eigenvalue weighted by molar-refractivity contribution is 5.70. The van der Waals surface area contributed by atoms with Crippen LogP contribution in [0.2, 0.25) is 0 Å². The quantitative estimate of drug-likeness (QED) is 0.750. The van der Waals surface area contributed by atoms with Gasteiger partial charge >= 0.3 is 0 Å². The molecule has 0 fully saturated rings. The van der Waals surface area contributed by atoms with Crippen LogP contribution in [0.1, 0.15) is 5.56 Å². The molecule has 0 unspecified atom stereocenters. The molecule has 1 aromatic heterocycles. The molecule has 0 N–H and O–H groups in total. The summed E-state index contributed by atoms with van der Waals surface area (Å²) in [6.45, 7) is 0.892. The second-order valence-electron chi connectivity index (χ2n) is 4.50. The van der Waals surface area contributed by atoms with Gasteiger partial charge in [-0.2, -0.15) is 5.10 Å².